The quantitative estimate of drug-likeness (QED) is 0.771. The zero-order valence-corrected chi connectivity index (χ0v) is 12.0. The molecule has 2 N–H and O–H groups in total. The normalized spacial score (nSPS) is 28.4. The average molecular weight is 253 g/mol. The van der Waals surface area contributed by atoms with Crippen LogP contribution in [0.2, 0.25) is 0 Å². The lowest BCUT2D eigenvalue weighted by atomic mass is 10.0. The number of fused-ring (bicyclic) bond motifs is 1. The van der Waals surface area contributed by atoms with Gasteiger partial charge >= 0.3 is 0 Å². The molecule has 0 spiro atoms. The van der Waals surface area contributed by atoms with Crippen molar-refractivity contribution in [3.63, 3.8) is 0 Å². The molecule has 4 heteroatoms. The van der Waals surface area contributed by atoms with Gasteiger partial charge < -0.3 is 10.6 Å². The minimum Gasteiger partial charge on any atom is -0.350 e. The van der Waals surface area contributed by atoms with Crippen LogP contribution < -0.4 is 10.6 Å². The van der Waals surface area contributed by atoms with E-state index in [1.807, 2.05) is 0 Å². The molecule has 0 aromatic heterocycles. The van der Waals surface area contributed by atoms with Crippen LogP contribution in [0, 0.1) is 0 Å². The largest absolute Gasteiger partial charge is 0.350 e. The van der Waals surface area contributed by atoms with Crippen molar-refractivity contribution in [2.24, 2.45) is 0 Å². The number of amides is 1. The SMILES string of the molecule is CCC(C)(C)NC(=O)CNC1CCN2CCCC12. The van der Waals surface area contributed by atoms with E-state index in [0.717, 1.165) is 6.42 Å². The molecule has 0 aromatic carbocycles. The third-order valence-corrected chi connectivity index (χ3v) is 4.49. The lowest BCUT2D eigenvalue weighted by Crippen LogP contribution is -2.49. The Morgan fingerprint density at radius 3 is 2.83 bits per heavy atom. The van der Waals surface area contributed by atoms with Gasteiger partial charge in [-0.2, -0.15) is 0 Å². The van der Waals surface area contributed by atoms with Crippen molar-refractivity contribution in [1.29, 1.82) is 0 Å². The molecule has 2 aliphatic rings. The van der Waals surface area contributed by atoms with E-state index in [2.05, 4.69) is 36.3 Å². The van der Waals surface area contributed by atoms with Gasteiger partial charge in [-0.05, 0) is 46.1 Å². The molecule has 2 saturated heterocycles. The van der Waals surface area contributed by atoms with Gasteiger partial charge in [0.05, 0.1) is 6.54 Å². The number of hydrogen-bond donors (Lipinski definition) is 2. The van der Waals surface area contributed by atoms with Crippen LogP contribution in [0.25, 0.3) is 0 Å². The molecule has 4 nitrogen and oxygen atoms in total. The number of nitrogens with one attached hydrogen (secondary N) is 2. The maximum atomic E-state index is 11.9. The van der Waals surface area contributed by atoms with E-state index in [0.29, 0.717) is 18.6 Å². The van der Waals surface area contributed by atoms with Crippen molar-refractivity contribution in [2.45, 2.75) is 64.1 Å². The first-order valence-corrected chi connectivity index (χ1v) is 7.30. The first kappa shape index (κ1) is 13.8. The van der Waals surface area contributed by atoms with E-state index in [1.54, 1.807) is 0 Å². The van der Waals surface area contributed by atoms with Crippen molar-refractivity contribution in [1.82, 2.24) is 15.5 Å². The molecule has 0 aliphatic carbocycles. The molecule has 2 aliphatic heterocycles. The molecule has 0 bridgehead atoms. The van der Waals surface area contributed by atoms with Crippen LogP contribution in [0.4, 0.5) is 0 Å². The first-order valence-electron chi connectivity index (χ1n) is 7.30. The highest BCUT2D eigenvalue weighted by atomic mass is 16.2. The molecule has 0 radical (unpaired) electrons. The molecule has 1 amide bonds. The molecular weight excluding hydrogens is 226 g/mol. The molecule has 2 rings (SSSR count). The van der Waals surface area contributed by atoms with Gasteiger partial charge in [-0.25, -0.2) is 0 Å². The molecule has 0 saturated carbocycles. The summed E-state index contributed by atoms with van der Waals surface area (Å²) in [5.74, 6) is 0.123. The smallest absolute Gasteiger partial charge is 0.234 e. The Kier molecular flexibility index (Phi) is 4.28. The summed E-state index contributed by atoms with van der Waals surface area (Å²) in [5.41, 5.74) is -0.0895. The first-order chi connectivity index (χ1) is 8.52. The standard InChI is InChI=1S/C14H27N3O/c1-4-14(2,3)16-13(18)10-15-11-7-9-17-8-5-6-12(11)17/h11-12,15H,4-10H2,1-3H3,(H,16,18). The minimum atomic E-state index is -0.0895. The van der Waals surface area contributed by atoms with Gasteiger partial charge in [-0.3, -0.25) is 9.69 Å². The summed E-state index contributed by atoms with van der Waals surface area (Å²) in [7, 11) is 0. The molecule has 0 aromatic rings. The van der Waals surface area contributed by atoms with Crippen molar-refractivity contribution in [3.8, 4) is 0 Å². The van der Waals surface area contributed by atoms with Crippen molar-refractivity contribution >= 4 is 5.91 Å². The van der Waals surface area contributed by atoms with Gasteiger partial charge in [0.2, 0.25) is 5.91 Å². The summed E-state index contributed by atoms with van der Waals surface area (Å²) in [6, 6.07) is 1.19. The second-order valence-corrected chi connectivity index (χ2v) is 6.31. The summed E-state index contributed by atoms with van der Waals surface area (Å²) in [6.45, 7) is 9.14. The van der Waals surface area contributed by atoms with Gasteiger partial charge in [0.1, 0.15) is 0 Å². The fourth-order valence-electron chi connectivity index (χ4n) is 3.05. The van der Waals surface area contributed by atoms with Crippen LogP contribution in [0.1, 0.15) is 46.5 Å². The Labute approximate surface area is 110 Å². The summed E-state index contributed by atoms with van der Waals surface area (Å²) < 4.78 is 0. The predicted molar refractivity (Wildman–Crippen MR) is 73.5 cm³/mol. The monoisotopic (exact) mass is 253 g/mol. The summed E-state index contributed by atoms with van der Waals surface area (Å²) >= 11 is 0. The minimum absolute atomic E-state index is 0.0895. The average Bonchev–Trinajstić information content (AvgIpc) is 2.88. The van der Waals surface area contributed by atoms with E-state index in [-0.39, 0.29) is 11.4 Å². The van der Waals surface area contributed by atoms with Gasteiger partial charge in [-0.1, -0.05) is 6.92 Å². The van der Waals surface area contributed by atoms with Gasteiger partial charge in [0.15, 0.2) is 0 Å². The van der Waals surface area contributed by atoms with Crippen molar-refractivity contribution in [3.05, 3.63) is 0 Å². The molecule has 18 heavy (non-hydrogen) atoms. The second-order valence-electron chi connectivity index (χ2n) is 6.31. The third kappa shape index (κ3) is 3.23. The lowest BCUT2D eigenvalue weighted by Gasteiger charge is -2.26. The van der Waals surface area contributed by atoms with E-state index in [9.17, 15) is 4.79 Å². The van der Waals surface area contributed by atoms with Crippen LogP contribution in [-0.2, 0) is 4.79 Å². The molecule has 104 valence electrons. The van der Waals surface area contributed by atoms with Crippen LogP contribution >= 0.6 is 0 Å². The summed E-state index contributed by atoms with van der Waals surface area (Å²) in [5, 5.41) is 6.52. The molecular formula is C14H27N3O. The van der Waals surface area contributed by atoms with Crippen molar-refractivity contribution < 1.29 is 4.79 Å². The highest BCUT2D eigenvalue weighted by Crippen LogP contribution is 2.27. The number of hydrogen-bond acceptors (Lipinski definition) is 3. The Morgan fingerprint density at radius 2 is 2.11 bits per heavy atom. The maximum absolute atomic E-state index is 11.9. The molecule has 2 atom stereocenters. The Morgan fingerprint density at radius 1 is 1.33 bits per heavy atom. The molecule has 2 fully saturated rings. The molecule has 2 heterocycles. The van der Waals surface area contributed by atoms with Crippen LogP contribution in [0.3, 0.4) is 0 Å². The summed E-state index contributed by atoms with van der Waals surface area (Å²) in [4.78, 5) is 14.4. The van der Waals surface area contributed by atoms with Crippen LogP contribution in [-0.4, -0.2) is 48.1 Å². The zero-order chi connectivity index (χ0) is 13.2. The fourth-order valence-corrected chi connectivity index (χ4v) is 3.05. The highest BCUT2D eigenvalue weighted by molar-refractivity contribution is 5.78. The predicted octanol–water partition coefficient (Wildman–Crippen LogP) is 1.12. The second kappa shape index (κ2) is 5.57. The lowest BCUT2D eigenvalue weighted by molar-refractivity contribution is -0.122. The zero-order valence-electron chi connectivity index (χ0n) is 12.0. The van der Waals surface area contributed by atoms with Gasteiger partial charge in [0, 0.05) is 24.2 Å². The highest BCUT2D eigenvalue weighted by Gasteiger charge is 2.36. The number of carbonyl (C=O) groups excluding carboxylic acids is 1. The Balaban J connectivity index is 1.73. The maximum Gasteiger partial charge on any atom is 0.234 e. The number of carbonyl (C=O) groups is 1. The van der Waals surface area contributed by atoms with Crippen molar-refractivity contribution in [2.75, 3.05) is 19.6 Å². The Hall–Kier alpha value is -0.610. The topological polar surface area (TPSA) is 44.4 Å². The van der Waals surface area contributed by atoms with E-state index in [1.165, 1.54) is 32.4 Å². The van der Waals surface area contributed by atoms with E-state index >= 15 is 0 Å². The van der Waals surface area contributed by atoms with Gasteiger partial charge in [0.25, 0.3) is 0 Å². The number of rotatable bonds is 5. The van der Waals surface area contributed by atoms with E-state index in [4.69, 9.17) is 0 Å². The summed E-state index contributed by atoms with van der Waals surface area (Å²) in [6.07, 6.45) is 4.76. The fraction of sp³-hybridized carbons (Fsp3) is 0.929. The van der Waals surface area contributed by atoms with E-state index < -0.39 is 0 Å². The third-order valence-electron chi connectivity index (χ3n) is 4.49. The van der Waals surface area contributed by atoms with Crippen LogP contribution in [0.5, 0.6) is 0 Å². The van der Waals surface area contributed by atoms with Gasteiger partial charge in [-0.15, -0.1) is 0 Å². The number of nitrogens with zero attached hydrogens (tertiary/aromatic N) is 1. The molecule has 2 unspecified atom stereocenters. The Bertz CT molecular complexity index is 303. The van der Waals surface area contributed by atoms with Crippen LogP contribution in [0.15, 0.2) is 0 Å².